The van der Waals surface area contributed by atoms with E-state index in [-0.39, 0.29) is 11.5 Å². The van der Waals surface area contributed by atoms with Gasteiger partial charge in [0.25, 0.3) is 0 Å². The van der Waals surface area contributed by atoms with Crippen molar-refractivity contribution in [1.29, 1.82) is 0 Å². The highest BCUT2D eigenvalue weighted by atomic mass is 15.2. The molecule has 17 heavy (non-hydrogen) atoms. The molecule has 0 saturated carbocycles. The first-order valence-electron chi connectivity index (χ1n) is 6.55. The number of nitrogens with one attached hydrogen (secondary N) is 1. The van der Waals surface area contributed by atoms with Crippen LogP contribution in [0.4, 0.5) is 0 Å². The Hall–Kier alpha value is -0.860. The van der Waals surface area contributed by atoms with E-state index in [1.54, 1.807) is 0 Å². The van der Waals surface area contributed by atoms with Crippen molar-refractivity contribution in [3.8, 4) is 0 Å². The lowest BCUT2D eigenvalue weighted by atomic mass is 9.86. The van der Waals surface area contributed by atoms with E-state index in [0.717, 1.165) is 6.42 Å². The van der Waals surface area contributed by atoms with Crippen LogP contribution in [0.5, 0.6) is 0 Å². The summed E-state index contributed by atoms with van der Waals surface area (Å²) in [6.45, 7) is 8.91. The zero-order valence-electron chi connectivity index (χ0n) is 11.6. The van der Waals surface area contributed by atoms with E-state index in [1.807, 2.05) is 0 Å². The Kier molecular flexibility index (Phi) is 5.16. The predicted molar refractivity (Wildman–Crippen MR) is 74.7 cm³/mol. The first-order valence-corrected chi connectivity index (χ1v) is 6.55. The van der Waals surface area contributed by atoms with E-state index in [0.29, 0.717) is 0 Å². The van der Waals surface area contributed by atoms with Crippen molar-refractivity contribution in [3.05, 3.63) is 35.4 Å². The summed E-state index contributed by atoms with van der Waals surface area (Å²) in [5.41, 5.74) is 5.78. The zero-order valence-corrected chi connectivity index (χ0v) is 11.6. The van der Waals surface area contributed by atoms with Crippen molar-refractivity contribution in [2.75, 3.05) is 0 Å². The van der Waals surface area contributed by atoms with E-state index in [9.17, 15) is 0 Å². The SMILES string of the molecule is CCCCC(NN)c1ccc(C(C)(C)C)cc1. The molecular formula is C15H26N2. The Labute approximate surface area is 106 Å². The van der Waals surface area contributed by atoms with Gasteiger partial charge in [0.1, 0.15) is 0 Å². The van der Waals surface area contributed by atoms with Crippen molar-refractivity contribution in [2.45, 2.75) is 58.4 Å². The van der Waals surface area contributed by atoms with Gasteiger partial charge in [-0.05, 0) is 23.0 Å². The normalized spacial score (nSPS) is 13.7. The van der Waals surface area contributed by atoms with Crippen LogP contribution in [0.1, 0.15) is 64.1 Å². The summed E-state index contributed by atoms with van der Waals surface area (Å²) in [4.78, 5) is 0. The van der Waals surface area contributed by atoms with Crippen molar-refractivity contribution in [2.24, 2.45) is 5.84 Å². The van der Waals surface area contributed by atoms with Gasteiger partial charge in [-0.15, -0.1) is 0 Å². The maximum Gasteiger partial charge on any atom is 0.0460 e. The van der Waals surface area contributed by atoms with Crippen LogP contribution >= 0.6 is 0 Å². The number of rotatable bonds is 5. The highest BCUT2D eigenvalue weighted by Crippen LogP contribution is 2.25. The fraction of sp³-hybridized carbons (Fsp3) is 0.600. The molecule has 0 radical (unpaired) electrons. The van der Waals surface area contributed by atoms with Crippen molar-refractivity contribution in [1.82, 2.24) is 5.43 Å². The smallest absolute Gasteiger partial charge is 0.0460 e. The second-order valence-electron chi connectivity index (χ2n) is 5.73. The monoisotopic (exact) mass is 234 g/mol. The van der Waals surface area contributed by atoms with Crippen LogP contribution in [0.2, 0.25) is 0 Å². The van der Waals surface area contributed by atoms with Gasteiger partial charge in [0, 0.05) is 6.04 Å². The number of hydrogen-bond donors (Lipinski definition) is 2. The molecule has 0 aliphatic rings. The molecule has 3 N–H and O–H groups in total. The van der Waals surface area contributed by atoms with E-state index in [1.165, 1.54) is 24.0 Å². The molecule has 96 valence electrons. The number of benzene rings is 1. The van der Waals surface area contributed by atoms with Crippen molar-refractivity contribution >= 4 is 0 Å². The first-order chi connectivity index (χ1) is 7.99. The summed E-state index contributed by atoms with van der Waals surface area (Å²) in [6.07, 6.45) is 3.51. The van der Waals surface area contributed by atoms with Gasteiger partial charge in [0.2, 0.25) is 0 Å². The summed E-state index contributed by atoms with van der Waals surface area (Å²) in [6, 6.07) is 9.10. The molecule has 0 spiro atoms. The molecule has 1 aromatic carbocycles. The lowest BCUT2D eigenvalue weighted by molar-refractivity contribution is 0.494. The average Bonchev–Trinajstić information content (AvgIpc) is 2.29. The van der Waals surface area contributed by atoms with Gasteiger partial charge in [0.05, 0.1) is 0 Å². The topological polar surface area (TPSA) is 38.0 Å². The fourth-order valence-electron chi connectivity index (χ4n) is 1.97. The Morgan fingerprint density at radius 1 is 1.18 bits per heavy atom. The molecule has 1 aromatic rings. The molecule has 0 fully saturated rings. The van der Waals surface area contributed by atoms with Gasteiger partial charge in [-0.1, -0.05) is 64.8 Å². The molecule has 2 nitrogen and oxygen atoms in total. The minimum absolute atomic E-state index is 0.216. The summed E-state index contributed by atoms with van der Waals surface area (Å²) in [7, 11) is 0. The zero-order chi connectivity index (χ0) is 12.9. The van der Waals surface area contributed by atoms with Crippen LogP contribution in [0.15, 0.2) is 24.3 Å². The highest BCUT2D eigenvalue weighted by molar-refractivity contribution is 5.29. The molecule has 0 bridgehead atoms. The van der Waals surface area contributed by atoms with Crippen molar-refractivity contribution < 1.29 is 0 Å². The molecule has 2 heteroatoms. The first kappa shape index (κ1) is 14.2. The molecule has 1 atom stereocenters. The number of hydrazine groups is 1. The minimum Gasteiger partial charge on any atom is -0.271 e. The van der Waals surface area contributed by atoms with Gasteiger partial charge >= 0.3 is 0 Å². The predicted octanol–water partition coefficient (Wildman–Crippen LogP) is 3.68. The number of nitrogens with two attached hydrogens (primary N) is 1. The fourth-order valence-corrected chi connectivity index (χ4v) is 1.97. The summed E-state index contributed by atoms with van der Waals surface area (Å²) < 4.78 is 0. The van der Waals surface area contributed by atoms with Crippen molar-refractivity contribution in [3.63, 3.8) is 0 Å². The number of hydrogen-bond acceptors (Lipinski definition) is 2. The molecule has 1 unspecified atom stereocenters. The van der Waals surface area contributed by atoms with E-state index < -0.39 is 0 Å². The summed E-state index contributed by atoms with van der Waals surface area (Å²) in [5.74, 6) is 5.62. The van der Waals surface area contributed by atoms with Gasteiger partial charge in [-0.25, -0.2) is 0 Å². The van der Waals surface area contributed by atoms with Crippen LogP contribution < -0.4 is 11.3 Å². The quantitative estimate of drug-likeness (QED) is 0.602. The van der Waals surface area contributed by atoms with Gasteiger partial charge in [0.15, 0.2) is 0 Å². The molecule has 1 rings (SSSR count). The van der Waals surface area contributed by atoms with Gasteiger partial charge < -0.3 is 0 Å². The third kappa shape index (κ3) is 4.14. The van der Waals surface area contributed by atoms with Crippen LogP contribution in [0, 0.1) is 0 Å². The largest absolute Gasteiger partial charge is 0.271 e. The Balaban J connectivity index is 2.78. The molecule has 0 aromatic heterocycles. The maximum absolute atomic E-state index is 5.62. The summed E-state index contributed by atoms with van der Waals surface area (Å²) in [5, 5.41) is 0. The van der Waals surface area contributed by atoms with Crippen LogP contribution in [-0.2, 0) is 5.41 Å². The number of unbranched alkanes of at least 4 members (excludes halogenated alkanes) is 1. The van der Waals surface area contributed by atoms with E-state index in [4.69, 9.17) is 5.84 Å². The van der Waals surface area contributed by atoms with Crippen LogP contribution in [-0.4, -0.2) is 0 Å². The molecular weight excluding hydrogens is 208 g/mol. The highest BCUT2D eigenvalue weighted by Gasteiger charge is 2.14. The van der Waals surface area contributed by atoms with Gasteiger partial charge in [-0.2, -0.15) is 0 Å². The lowest BCUT2D eigenvalue weighted by Gasteiger charge is -2.21. The molecule has 0 aliphatic heterocycles. The molecule has 0 heterocycles. The van der Waals surface area contributed by atoms with E-state index >= 15 is 0 Å². The lowest BCUT2D eigenvalue weighted by Crippen LogP contribution is -2.28. The van der Waals surface area contributed by atoms with Crippen LogP contribution in [0.25, 0.3) is 0 Å². The Morgan fingerprint density at radius 2 is 1.76 bits per heavy atom. The Morgan fingerprint density at radius 3 is 2.18 bits per heavy atom. The standard InChI is InChI=1S/C15H26N2/c1-5-6-7-14(17-16)12-8-10-13(11-9-12)15(2,3)4/h8-11,14,17H,5-7,16H2,1-4H3. The second kappa shape index (κ2) is 6.18. The molecule has 0 amide bonds. The average molecular weight is 234 g/mol. The van der Waals surface area contributed by atoms with Gasteiger partial charge in [-0.3, -0.25) is 11.3 Å². The molecule has 0 saturated heterocycles. The second-order valence-corrected chi connectivity index (χ2v) is 5.73. The third-order valence-electron chi connectivity index (χ3n) is 3.23. The Bertz CT molecular complexity index is 322. The maximum atomic E-state index is 5.62. The third-order valence-corrected chi connectivity index (χ3v) is 3.23. The molecule has 0 aliphatic carbocycles. The summed E-state index contributed by atoms with van der Waals surface area (Å²) >= 11 is 0. The minimum atomic E-state index is 0.216. The van der Waals surface area contributed by atoms with Crippen LogP contribution in [0.3, 0.4) is 0 Å². The van der Waals surface area contributed by atoms with E-state index in [2.05, 4.69) is 57.4 Å².